The number of carbonyl (C=O) groups excluding carboxylic acids is 2. The molecule has 2 aromatic rings. The van der Waals surface area contributed by atoms with Crippen LogP contribution in [0.25, 0.3) is 0 Å². The maximum atomic E-state index is 12.8. The van der Waals surface area contributed by atoms with E-state index in [1.807, 2.05) is 52.0 Å². The Morgan fingerprint density at radius 1 is 1.03 bits per heavy atom. The molecule has 37 heavy (non-hydrogen) atoms. The van der Waals surface area contributed by atoms with Gasteiger partial charge < -0.3 is 19.5 Å². The van der Waals surface area contributed by atoms with Gasteiger partial charge in [-0.2, -0.15) is 5.10 Å². The molecule has 9 heteroatoms. The van der Waals surface area contributed by atoms with Gasteiger partial charge in [-0.3, -0.25) is 9.59 Å². The highest BCUT2D eigenvalue weighted by Gasteiger charge is 2.22. The highest BCUT2D eigenvalue weighted by molar-refractivity contribution is 9.10. The van der Waals surface area contributed by atoms with E-state index < -0.39 is 11.9 Å². The molecule has 2 aromatic carbocycles. The van der Waals surface area contributed by atoms with Crippen LogP contribution in [-0.2, 0) is 9.59 Å². The summed E-state index contributed by atoms with van der Waals surface area (Å²) >= 11 is 3.54. The first-order valence-corrected chi connectivity index (χ1v) is 13.3. The summed E-state index contributed by atoms with van der Waals surface area (Å²) < 4.78 is 18.0. The number of ether oxygens (including phenoxy) is 3. The Labute approximate surface area is 228 Å². The van der Waals surface area contributed by atoms with Crippen molar-refractivity contribution in [2.75, 3.05) is 19.8 Å². The first-order valence-electron chi connectivity index (χ1n) is 12.5. The molecule has 0 aliphatic heterocycles. The van der Waals surface area contributed by atoms with Crippen LogP contribution in [-0.4, -0.2) is 43.9 Å². The number of rotatable bonds is 14. The predicted octanol–water partition coefficient (Wildman–Crippen LogP) is 5.25. The summed E-state index contributed by atoms with van der Waals surface area (Å²) in [4.78, 5) is 25.3. The second-order valence-corrected chi connectivity index (χ2v) is 10.4. The van der Waals surface area contributed by atoms with Crippen molar-refractivity contribution in [3.8, 4) is 17.2 Å². The first-order chi connectivity index (χ1) is 17.6. The fourth-order valence-electron chi connectivity index (χ4n) is 3.36. The third kappa shape index (κ3) is 10.4. The number of amides is 2. The van der Waals surface area contributed by atoms with Crippen molar-refractivity contribution in [1.82, 2.24) is 10.7 Å². The molecule has 0 saturated carbocycles. The Morgan fingerprint density at radius 3 is 2.41 bits per heavy atom. The zero-order valence-corrected chi connectivity index (χ0v) is 24.1. The van der Waals surface area contributed by atoms with Gasteiger partial charge in [0.15, 0.2) is 18.1 Å². The van der Waals surface area contributed by atoms with E-state index in [1.54, 1.807) is 12.1 Å². The van der Waals surface area contributed by atoms with E-state index in [-0.39, 0.29) is 18.4 Å². The summed E-state index contributed by atoms with van der Waals surface area (Å²) in [6.07, 6.45) is 1.98. The number of halogens is 1. The zero-order valence-electron chi connectivity index (χ0n) is 22.5. The van der Waals surface area contributed by atoms with Gasteiger partial charge in [0.25, 0.3) is 11.8 Å². The summed E-state index contributed by atoms with van der Waals surface area (Å²) in [5.74, 6) is 1.61. The molecule has 202 valence electrons. The number of nitrogens with zero attached hydrogens (tertiary/aromatic N) is 1. The van der Waals surface area contributed by atoms with Crippen molar-refractivity contribution in [3.05, 3.63) is 52.0 Å². The Morgan fingerprint density at radius 2 is 1.76 bits per heavy atom. The van der Waals surface area contributed by atoms with E-state index in [2.05, 4.69) is 45.6 Å². The van der Waals surface area contributed by atoms with Gasteiger partial charge in [-0.1, -0.05) is 45.9 Å². The molecule has 0 aromatic heterocycles. The topological polar surface area (TPSA) is 98.2 Å². The predicted molar refractivity (Wildman–Crippen MR) is 149 cm³/mol. The van der Waals surface area contributed by atoms with Crippen molar-refractivity contribution in [3.63, 3.8) is 0 Å². The Balaban J connectivity index is 2.04. The zero-order chi connectivity index (χ0) is 27.4. The standard InChI is InChI=1S/C28H38BrN3O5/c1-7-35-25-14-21(13-22(29)27(25)37-16-19(4)5)15-30-32-28(34)23(12-18(2)3)31-26(33)17-36-24-11-9-8-10-20(24)6/h8-11,13-15,18-19,23H,7,12,16-17H2,1-6H3,(H,31,33)(H,32,34)/b30-15-/t23-/m1/s1. The lowest BCUT2D eigenvalue weighted by atomic mass is 10.0. The van der Waals surface area contributed by atoms with Gasteiger partial charge in [0.05, 0.1) is 23.9 Å². The van der Waals surface area contributed by atoms with Crippen molar-refractivity contribution in [2.45, 2.75) is 54.0 Å². The molecule has 2 amide bonds. The fourth-order valence-corrected chi connectivity index (χ4v) is 3.94. The van der Waals surface area contributed by atoms with E-state index in [1.165, 1.54) is 6.21 Å². The van der Waals surface area contributed by atoms with Crippen LogP contribution in [0.5, 0.6) is 17.2 Å². The average Bonchev–Trinajstić information content (AvgIpc) is 2.82. The van der Waals surface area contributed by atoms with Crippen molar-refractivity contribution in [1.29, 1.82) is 0 Å². The molecule has 2 N–H and O–H groups in total. The van der Waals surface area contributed by atoms with Gasteiger partial charge in [-0.05, 0) is 77.4 Å². The van der Waals surface area contributed by atoms with Crippen molar-refractivity contribution < 1.29 is 23.8 Å². The molecular weight excluding hydrogens is 538 g/mol. The smallest absolute Gasteiger partial charge is 0.262 e. The third-order valence-corrected chi connectivity index (χ3v) is 5.68. The number of hydrogen-bond acceptors (Lipinski definition) is 6. The second-order valence-electron chi connectivity index (χ2n) is 9.51. The quantitative estimate of drug-likeness (QED) is 0.237. The Kier molecular flexibility index (Phi) is 12.4. The molecule has 0 spiro atoms. The maximum Gasteiger partial charge on any atom is 0.262 e. The SMILES string of the molecule is CCOc1cc(/C=N\NC(=O)[C@@H](CC(C)C)NC(=O)COc2ccccc2C)cc(Br)c1OCC(C)C. The normalized spacial score (nSPS) is 12.0. The van der Waals surface area contributed by atoms with Crippen LogP contribution in [0.3, 0.4) is 0 Å². The highest BCUT2D eigenvalue weighted by Crippen LogP contribution is 2.36. The number of aryl methyl sites for hydroxylation is 1. The summed E-state index contributed by atoms with van der Waals surface area (Å²) in [5, 5.41) is 6.86. The van der Waals surface area contributed by atoms with Gasteiger partial charge in [-0.25, -0.2) is 5.43 Å². The molecule has 8 nitrogen and oxygen atoms in total. The fraction of sp³-hybridized carbons (Fsp3) is 0.464. The largest absolute Gasteiger partial charge is 0.490 e. The molecule has 2 rings (SSSR count). The Hall–Kier alpha value is -3.07. The van der Waals surface area contributed by atoms with Crippen LogP contribution in [0, 0.1) is 18.8 Å². The number of hydrogen-bond donors (Lipinski definition) is 2. The molecule has 0 bridgehead atoms. The van der Waals surface area contributed by atoms with Crippen LogP contribution in [0.4, 0.5) is 0 Å². The Bertz CT molecular complexity index is 1070. The molecule has 0 saturated heterocycles. The lowest BCUT2D eigenvalue weighted by molar-refractivity contribution is -0.130. The van der Waals surface area contributed by atoms with Gasteiger partial charge in [0.2, 0.25) is 0 Å². The average molecular weight is 577 g/mol. The van der Waals surface area contributed by atoms with Gasteiger partial charge >= 0.3 is 0 Å². The van der Waals surface area contributed by atoms with Crippen LogP contribution in [0.15, 0.2) is 46.0 Å². The molecule has 0 fully saturated rings. The summed E-state index contributed by atoms with van der Waals surface area (Å²) in [5.41, 5.74) is 4.18. The summed E-state index contributed by atoms with van der Waals surface area (Å²) in [6.45, 7) is 12.8. The first kappa shape index (κ1) is 30.2. The van der Waals surface area contributed by atoms with Crippen LogP contribution in [0.1, 0.15) is 52.2 Å². The molecule has 0 aliphatic rings. The van der Waals surface area contributed by atoms with Gasteiger partial charge in [0, 0.05) is 0 Å². The van der Waals surface area contributed by atoms with E-state index in [9.17, 15) is 9.59 Å². The van der Waals surface area contributed by atoms with Crippen LogP contribution < -0.4 is 25.0 Å². The van der Waals surface area contributed by atoms with E-state index >= 15 is 0 Å². The van der Waals surface area contributed by atoms with Crippen molar-refractivity contribution >= 4 is 34.0 Å². The van der Waals surface area contributed by atoms with Crippen molar-refractivity contribution in [2.24, 2.45) is 16.9 Å². The lowest BCUT2D eigenvalue weighted by Gasteiger charge is -2.19. The minimum absolute atomic E-state index is 0.181. The number of hydrazone groups is 1. The number of para-hydroxylation sites is 1. The molecule has 1 atom stereocenters. The molecule has 0 radical (unpaired) electrons. The number of benzene rings is 2. The van der Waals surface area contributed by atoms with Gasteiger partial charge in [-0.15, -0.1) is 0 Å². The maximum absolute atomic E-state index is 12.8. The van der Waals surface area contributed by atoms with E-state index in [4.69, 9.17) is 14.2 Å². The number of carbonyl (C=O) groups is 2. The van der Waals surface area contributed by atoms with E-state index in [0.29, 0.717) is 48.4 Å². The molecular formula is C28H38BrN3O5. The second kappa shape index (κ2) is 15.2. The van der Waals surface area contributed by atoms with Crippen LogP contribution in [0.2, 0.25) is 0 Å². The lowest BCUT2D eigenvalue weighted by Crippen LogP contribution is -2.47. The number of nitrogens with one attached hydrogen (secondary N) is 2. The summed E-state index contributed by atoms with van der Waals surface area (Å²) in [6, 6.07) is 10.3. The van der Waals surface area contributed by atoms with Crippen LogP contribution >= 0.6 is 15.9 Å². The van der Waals surface area contributed by atoms with E-state index in [0.717, 1.165) is 10.0 Å². The molecule has 0 heterocycles. The summed E-state index contributed by atoms with van der Waals surface area (Å²) in [7, 11) is 0. The monoisotopic (exact) mass is 575 g/mol. The molecule has 0 unspecified atom stereocenters. The highest BCUT2D eigenvalue weighted by atomic mass is 79.9. The third-order valence-electron chi connectivity index (χ3n) is 5.09. The molecule has 0 aliphatic carbocycles. The minimum atomic E-state index is -0.748. The van der Waals surface area contributed by atoms with Gasteiger partial charge in [0.1, 0.15) is 11.8 Å². The minimum Gasteiger partial charge on any atom is -0.490 e.